The Balaban J connectivity index is 2.55. The summed E-state index contributed by atoms with van der Waals surface area (Å²) in [7, 11) is 1.55. The predicted molar refractivity (Wildman–Crippen MR) is 77.4 cm³/mol. The summed E-state index contributed by atoms with van der Waals surface area (Å²) in [5, 5.41) is 2.37. The lowest BCUT2D eigenvalue weighted by atomic mass is 10.2. The highest BCUT2D eigenvalue weighted by Gasteiger charge is 2.18. The van der Waals surface area contributed by atoms with Gasteiger partial charge in [-0.25, -0.2) is 13.2 Å². The van der Waals surface area contributed by atoms with Crippen LogP contribution in [0.25, 0.3) is 0 Å². The molecule has 0 heterocycles. The van der Waals surface area contributed by atoms with Crippen LogP contribution in [0.1, 0.15) is 23.7 Å². The molecule has 0 aromatic heterocycles. The Morgan fingerprint density at radius 2 is 1.87 bits per heavy atom. The quantitative estimate of drug-likeness (QED) is 0.582. The highest BCUT2D eigenvalue weighted by atomic mass is 19.2. The van der Waals surface area contributed by atoms with E-state index in [-0.39, 0.29) is 19.0 Å². The molecule has 128 valence electrons. The van der Waals surface area contributed by atoms with Crippen molar-refractivity contribution in [2.75, 3.05) is 33.4 Å². The average Bonchev–Trinajstić information content (AvgIpc) is 2.51. The number of ether oxygens (including phenoxy) is 1. The highest BCUT2D eigenvalue weighted by Crippen LogP contribution is 2.14. The molecule has 0 atom stereocenters. The predicted octanol–water partition coefficient (Wildman–Crippen LogP) is 1.72. The Bertz CT molecular complexity index is 567. The van der Waals surface area contributed by atoms with Crippen LogP contribution in [-0.4, -0.2) is 50.1 Å². The van der Waals surface area contributed by atoms with E-state index in [4.69, 9.17) is 4.74 Å². The van der Waals surface area contributed by atoms with Crippen molar-refractivity contribution in [2.45, 2.75) is 13.3 Å². The summed E-state index contributed by atoms with van der Waals surface area (Å²) in [6, 6.07) is 1.55. The van der Waals surface area contributed by atoms with Gasteiger partial charge in [0.1, 0.15) is 0 Å². The van der Waals surface area contributed by atoms with E-state index in [0.29, 0.717) is 25.6 Å². The molecule has 1 N–H and O–H groups in total. The first kappa shape index (κ1) is 19.0. The third kappa shape index (κ3) is 5.55. The number of nitrogens with zero attached hydrogens (tertiary/aromatic N) is 1. The molecule has 0 bridgehead atoms. The largest absolute Gasteiger partial charge is 0.385 e. The smallest absolute Gasteiger partial charge is 0.254 e. The fraction of sp³-hybridized carbons (Fsp3) is 0.467. The van der Waals surface area contributed by atoms with Gasteiger partial charge in [0, 0.05) is 40.3 Å². The number of carbonyl (C=O) groups is 2. The Morgan fingerprint density at radius 3 is 2.48 bits per heavy atom. The van der Waals surface area contributed by atoms with Gasteiger partial charge < -0.3 is 15.0 Å². The van der Waals surface area contributed by atoms with Gasteiger partial charge >= 0.3 is 0 Å². The lowest BCUT2D eigenvalue weighted by Gasteiger charge is -2.21. The standard InChI is InChI=1S/C15H19F3N2O3/c1-10(21)20(7-3-9-23-2)8-6-19-15(22)11-4-5-12(16)14(18)13(11)17/h4-5H,3,6-9H2,1-2H3,(H,19,22). The van der Waals surface area contributed by atoms with Crippen molar-refractivity contribution >= 4 is 11.8 Å². The molecule has 0 saturated heterocycles. The zero-order valence-corrected chi connectivity index (χ0v) is 13.0. The third-order valence-corrected chi connectivity index (χ3v) is 3.17. The Hall–Kier alpha value is -2.09. The van der Waals surface area contributed by atoms with Crippen molar-refractivity contribution in [1.82, 2.24) is 10.2 Å². The molecule has 0 spiro atoms. The molecular formula is C15H19F3N2O3. The molecular weight excluding hydrogens is 313 g/mol. The van der Waals surface area contributed by atoms with Crippen LogP contribution in [0.3, 0.4) is 0 Å². The van der Waals surface area contributed by atoms with Gasteiger partial charge in [0.05, 0.1) is 5.56 Å². The first-order chi connectivity index (χ1) is 10.9. The van der Waals surface area contributed by atoms with Gasteiger partial charge in [0.25, 0.3) is 5.91 Å². The molecule has 0 aliphatic carbocycles. The number of methoxy groups -OCH3 is 1. The lowest BCUT2D eigenvalue weighted by molar-refractivity contribution is -0.129. The summed E-state index contributed by atoms with van der Waals surface area (Å²) >= 11 is 0. The van der Waals surface area contributed by atoms with Crippen LogP contribution in [0.2, 0.25) is 0 Å². The number of nitrogens with one attached hydrogen (secondary N) is 1. The Morgan fingerprint density at radius 1 is 1.17 bits per heavy atom. The van der Waals surface area contributed by atoms with E-state index in [1.54, 1.807) is 7.11 Å². The topological polar surface area (TPSA) is 58.6 Å². The van der Waals surface area contributed by atoms with Gasteiger partial charge in [0.15, 0.2) is 17.5 Å². The summed E-state index contributed by atoms with van der Waals surface area (Å²) in [4.78, 5) is 24.7. The molecule has 5 nitrogen and oxygen atoms in total. The van der Waals surface area contributed by atoms with Crippen LogP contribution in [0.5, 0.6) is 0 Å². The molecule has 0 unspecified atom stereocenters. The van der Waals surface area contributed by atoms with Gasteiger partial charge in [-0.3, -0.25) is 9.59 Å². The maximum atomic E-state index is 13.5. The fourth-order valence-electron chi connectivity index (χ4n) is 1.93. The molecule has 2 amide bonds. The van der Waals surface area contributed by atoms with Crippen molar-refractivity contribution in [2.24, 2.45) is 0 Å². The molecule has 0 fully saturated rings. The second-order valence-electron chi connectivity index (χ2n) is 4.83. The SMILES string of the molecule is COCCCN(CCNC(=O)c1ccc(F)c(F)c1F)C(C)=O. The Kier molecular flexibility index (Phi) is 7.53. The molecule has 23 heavy (non-hydrogen) atoms. The number of rotatable bonds is 8. The number of hydrogen-bond acceptors (Lipinski definition) is 3. The molecule has 1 rings (SSSR count). The van der Waals surface area contributed by atoms with Gasteiger partial charge in [-0.05, 0) is 18.6 Å². The number of hydrogen-bond donors (Lipinski definition) is 1. The molecule has 8 heteroatoms. The second-order valence-corrected chi connectivity index (χ2v) is 4.83. The fourth-order valence-corrected chi connectivity index (χ4v) is 1.93. The van der Waals surface area contributed by atoms with Crippen LogP contribution < -0.4 is 5.32 Å². The second kappa shape index (κ2) is 9.14. The van der Waals surface area contributed by atoms with Crippen molar-refractivity contribution in [3.8, 4) is 0 Å². The molecule has 0 aliphatic heterocycles. The minimum Gasteiger partial charge on any atom is -0.385 e. The van der Waals surface area contributed by atoms with Crippen molar-refractivity contribution in [3.63, 3.8) is 0 Å². The summed E-state index contributed by atoms with van der Waals surface area (Å²) in [6.45, 7) is 2.62. The average molecular weight is 332 g/mol. The van der Waals surface area contributed by atoms with E-state index in [9.17, 15) is 22.8 Å². The van der Waals surface area contributed by atoms with E-state index >= 15 is 0 Å². The van der Waals surface area contributed by atoms with Crippen LogP contribution in [0, 0.1) is 17.5 Å². The van der Waals surface area contributed by atoms with Crippen LogP contribution in [0.4, 0.5) is 13.2 Å². The summed E-state index contributed by atoms with van der Waals surface area (Å²) in [6.07, 6.45) is 0.641. The first-order valence-electron chi connectivity index (χ1n) is 7.04. The minimum atomic E-state index is -1.69. The number of halogens is 3. The number of amides is 2. The molecule has 0 aliphatic rings. The van der Waals surface area contributed by atoms with Crippen LogP contribution in [0.15, 0.2) is 12.1 Å². The zero-order chi connectivity index (χ0) is 17.4. The van der Waals surface area contributed by atoms with Crippen molar-refractivity contribution < 1.29 is 27.5 Å². The normalized spacial score (nSPS) is 10.5. The number of carbonyl (C=O) groups excluding carboxylic acids is 2. The van der Waals surface area contributed by atoms with E-state index in [2.05, 4.69) is 5.32 Å². The lowest BCUT2D eigenvalue weighted by Crippen LogP contribution is -2.38. The van der Waals surface area contributed by atoms with Gasteiger partial charge in [0.2, 0.25) is 5.91 Å². The maximum absolute atomic E-state index is 13.5. The molecule has 1 aromatic rings. The summed E-state index contributed by atoms with van der Waals surface area (Å²) in [5.41, 5.74) is -0.586. The molecule has 1 aromatic carbocycles. The van der Waals surface area contributed by atoms with Gasteiger partial charge in [-0.1, -0.05) is 0 Å². The van der Waals surface area contributed by atoms with Crippen LogP contribution >= 0.6 is 0 Å². The van der Waals surface area contributed by atoms with E-state index < -0.39 is 28.9 Å². The number of benzene rings is 1. The van der Waals surface area contributed by atoms with E-state index in [0.717, 1.165) is 6.07 Å². The molecule has 0 saturated carbocycles. The third-order valence-electron chi connectivity index (χ3n) is 3.17. The summed E-state index contributed by atoms with van der Waals surface area (Å²) < 4.78 is 44.3. The zero-order valence-electron chi connectivity index (χ0n) is 13.0. The highest BCUT2D eigenvalue weighted by molar-refractivity contribution is 5.94. The first-order valence-corrected chi connectivity index (χ1v) is 7.04. The summed E-state index contributed by atoms with van der Waals surface area (Å²) in [5.74, 6) is -5.63. The molecule has 0 radical (unpaired) electrons. The van der Waals surface area contributed by atoms with Crippen LogP contribution in [-0.2, 0) is 9.53 Å². The monoisotopic (exact) mass is 332 g/mol. The van der Waals surface area contributed by atoms with E-state index in [1.165, 1.54) is 11.8 Å². The van der Waals surface area contributed by atoms with Crippen molar-refractivity contribution in [1.29, 1.82) is 0 Å². The minimum absolute atomic E-state index is 0.0594. The van der Waals surface area contributed by atoms with E-state index in [1.807, 2.05) is 0 Å². The maximum Gasteiger partial charge on any atom is 0.254 e. The van der Waals surface area contributed by atoms with Gasteiger partial charge in [-0.2, -0.15) is 0 Å². The Labute approximate surface area is 132 Å². The van der Waals surface area contributed by atoms with Crippen molar-refractivity contribution in [3.05, 3.63) is 35.1 Å². The van der Waals surface area contributed by atoms with Gasteiger partial charge in [-0.15, -0.1) is 0 Å².